The summed E-state index contributed by atoms with van der Waals surface area (Å²) in [7, 11) is 0. The van der Waals surface area contributed by atoms with Gasteiger partial charge in [0.15, 0.2) is 6.61 Å². The van der Waals surface area contributed by atoms with Crippen LogP contribution in [0.2, 0.25) is 10.0 Å². The lowest BCUT2D eigenvalue weighted by molar-refractivity contribution is -0.384. The Labute approximate surface area is 135 Å². The topological polar surface area (TPSA) is 81.5 Å². The molecule has 114 valence electrons. The van der Waals surface area contributed by atoms with Gasteiger partial charge in [-0.2, -0.15) is 0 Å². The molecule has 0 aromatic heterocycles. The SMILES string of the molecule is O=C(COc1ccc(Cl)c(Cl)c1)Nc1ccc([N+](=O)[O-])cc1. The number of hydrogen-bond donors (Lipinski definition) is 1. The summed E-state index contributed by atoms with van der Waals surface area (Å²) in [4.78, 5) is 21.7. The molecular weight excluding hydrogens is 331 g/mol. The van der Waals surface area contributed by atoms with Crippen LogP contribution < -0.4 is 10.1 Å². The third-order valence-corrected chi connectivity index (χ3v) is 3.36. The lowest BCUT2D eigenvalue weighted by Gasteiger charge is -2.08. The van der Waals surface area contributed by atoms with Crippen molar-refractivity contribution in [2.75, 3.05) is 11.9 Å². The highest BCUT2D eigenvalue weighted by molar-refractivity contribution is 6.42. The third kappa shape index (κ3) is 4.34. The Morgan fingerprint density at radius 1 is 1.14 bits per heavy atom. The first-order chi connectivity index (χ1) is 10.5. The summed E-state index contributed by atoms with van der Waals surface area (Å²) in [5, 5.41) is 13.8. The van der Waals surface area contributed by atoms with E-state index >= 15 is 0 Å². The van der Waals surface area contributed by atoms with Gasteiger partial charge < -0.3 is 10.1 Å². The summed E-state index contributed by atoms with van der Waals surface area (Å²) < 4.78 is 5.27. The zero-order chi connectivity index (χ0) is 16.1. The Balaban J connectivity index is 1.89. The maximum atomic E-state index is 11.7. The molecule has 22 heavy (non-hydrogen) atoms. The number of nitro groups is 1. The van der Waals surface area contributed by atoms with Crippen LogP contribution in [0, 0.1) is 10.1 Å². The van der Waals surface area contributed by atoms with E-state index in [1.54, 1.807) is 12.1 Å². The van der Waals surface area contributed by atoms with Crippen LogP contribution in [0.3, 0.4) is 0 Å². The van der Waals surface area contributed by atoms with Crippen molar-refractivity contribution in [1.29, 1.82) is 0 Å². The average molecular weight is 341 g/mol. The standard InChI is InChI=1S/C14H10Cl2N2O4/c15-12-6-5-11(7-13(12)16)22-8-14(19)17-9-1-3-10(4-2-9)18(20)21/h1-7H,8H2,(H,17,19). The van der Waals surface area contributed by atoms with Crippen LogP contribution in [0.25, 0.3) is 0 Å². The third-order valence-electron chi connectivity index (χ3n) is 2.62. The van der Waals surface area contributed by atoms with Crippen LogP contribution in [0.1, 0.15) is 0 Å². The number of non-ortho nitro benzene ring substituents is 1. The first-order valence-corrected chi connectivity index (χ1v) is 6.83. The molecule has 0 aliphatic carbocycles. The molecule has 0 unspecified atom stereocenters. The molecule has 0 heterocycles. The molecule has 2 rings (SSSR count). The van der Waals surface area contributed by atoms with Crippen LogP contribution >= 0.6 is 23.2 Å². The average Bonchev–Trinajstić information content (AvgIpc) is 2.49. The summed E-state index contributed by atoms with van der Waals surface area (Å²) >= 11 is 11.6. The minimum Gasteiger partial charge on any atom is -0.484 e. The van der Waals surface area contributed by atoms with E-state index in [1.807, 2.05) is 0 Å². The van der Waals surface area contributed by atoms with Crippen LogP contribution in [-0.2, 0) is 4.79 Å². The number of nitro benzene ring substituents is 1. The fourth-order valence-electron chi connectivity index (χ4n) is 1.58. The summed E-state index contributed by atoms with van der Waals surface area (Å²) in [6.07, 6.45) is 0. The minimum absolute atomic E-state index is 0.0509. The van der Waals surface area contributed by atoms with Gasteiger partial charge in [-0.05, 0) is 24.3 Å². The predicted octanol–water partition coefficient (Wildman–Crippen LogP) is 3.92. The van der Waals surface area contributed by atoms with Crippen molar-refractivity contribution >= 4 is 40.5 Å². The minimum atomic E-state index is -0.515. The molecule has 1 amide bonds. The molecule has 0 aliphatic rings. The number of carbonyl (C=O) groups is 1. The van der Waals surface area contributed by atoms with Crippen molar-refractivity contribution in [2.45, 2.75) is 0 Å². The fraction of sp³-hybridized carbons (Fsp3) is 0.0714. The van der Waals surface area contributed by atoms with Crippen molar-refractivity contribution < 1.29 is 14.5 Å². The highest BCUT2D eigenvalue weighted by atomic mass is 35.5. The number of ether oxygens (including phenoxy) is 1. The number of rotatable bonds is 5. The lowest BCUT2D eigenvalue weighted by Crippen LogP contribution is -2.20. The number of amides is 1. The van der Waals surface area contributed by atoms with E-state index in [-0.39, 0.29) is 12.3 Å². The lowest BCUT2D eigenvalue weighted by atomic mass is 10.3. The van der Waals surface area contributed by atoms with Crippen LogP contribution in [-0.4, -0.2) is 17.4 Å². The second-order valence-corrected chi connectivity index (χ2v) is 5.03. The fourth-order valence-corrected chi connectivity index (χ4v) is 1.87. The number of hydrogen-bond acceptors (Lipinski definition) is 4. The molecule has 2 aromatic rings. The molecule has 6 nitrogen and oxygen atoms in total. The highest BCUT2D eigenvalue weighted by Gasteiger charge is 2.08. The Hall–Kier alpha value is -2.31. The monoisotopic (exact) mass is 340 g/mol. The van der Waals surface area contributed by atoms with Crippen molar-refractivity contribution in [3.8, 4) is 5.75 Å². The molecule has 0 aliphatic heterocycles. The van der Waals surface area contributed by atoms with Gasteiger partial charge in [0.1, 0.15) is 5.75 Å². The highest BCUT2D eigenvalue weighted by Crippen LogP contribution is 2.26. The first-order valence-electron chi connectivity index (χ1n) is 6.08. The largest absolute Gasteiger partial charge is 0.484 e. The number of nitrogens with zero attached hydrogens (tertiary/aromatic N) is 1. The van der Waals surface area contributed by atoms with E-state index in [0.717, 1.165) is 0 Å². The number of benzene rings is 2. The predicted molar refractivity (Wildman–Crippen MR) is 83.7 cm³/mol. The second-order valence-electron chi connectivity index (χ2n) is 4.22. The van der Waals surface area contributed by atoms with Crippen molar-refractivity contribution in [3.63, 3.8) is 0 Å². The van der Waals surface area contributed by atoms with Gasteiger partial charge in [0.05, 0.1) is 15.0 Å². The molecule has 0 atom stereocenters. The van der Waals surface area contributed by atoms with E-state index in [9.17, 15) is 14.9 Å². The maximum Gasteiger partial charge on any atom is 0.269 e. The van der Waals surface area contributed by atoms with Crippen molar-refractivity contribution in [1.82, 2.24) is 0 Å². The van der Waals surface area contributed by atoms with E-state index < -0.39 is 10.8 Å². The van der Waals surface area contributed by atoms with Crippen molar-refractivity contribution in [2.24, 2.45) is 0 Å². The molecule has 0 radical (unpaired) electrons. The molecule has 2 aromatic carbocycles. The van der Waals surface area contributed by atoms with Gasteiger partial charge in [0, 0.05) is 23.9 Å². The number of anilines is 1. The summed E-state index contributed by atoms with van der Waals surface area (Å²) in [6.45, 7) is -0.227. The van der Waals surface area contributed by atoms with Crippen LogP contribution in [0.15, 0.2) is 42.5 Å². The Bertz CT molecular complexity index is 704. The zero-order valence-corrected chi connectivity index (χ0v) is 12.6. The zero-order valence-electron chi connectivity index (χ0n) is 11.1. The van der Waals surface area contributed by atoms with Gasteiger partial charge in [-0.15, -0.1) is 0 Å². The Morgan fingerprint density at radius 3 is 2.41 bits per heavy atom. The molecule has 0 spiro atoms. The van der Waals surface area contributed by atoms with E-state index in [0.29, 0.717) is 21.5 Å². The molecule has 0 saturated carbocycles. The quantitative estimate of drug-likeness (QED) is 0.660. The van der Waals surface area contributed by atoms with Gasteiger partial charge in [0.2, 0.25) is 0 Å². The van der Waals surface area contributed by atoms with Crippen LogP contribution in [0.5, 0.6) is 5.75 Å². The van der Waals surface area contributed by atoms with Gasteiger partial charge in [-0.1, -0.05) is 23.2 Å². The van der Waals surface area contributed by atoms with Crippen molar-refractivity contribution in [3.05, 3.63) is 62.6 Å². The smallest absolute Gasteiger partial charge is 0.269 e. The number of nitrogens with one attached hydrogen (secondary N) is 1. The van der Waals surface area contributed by atoms with Gasteiger partial charge in [0.25, 0.3) is 11.6 Å². The molecule has 1 N–H and O–H groups in total. The number of halogens is 2. The molecule has 0 bridgehead atoms. The molecular formula is C14H10Cl2N2O4. The van der Waals surface area contributed by atoms with Gasteiger partial charge in [-0.3, -0.25) is 14.9 Å². The molecule has 0 fully saturated rings. The Morgan fingerprint density at radius 2 is 1.82 bits per heavy atom. The molecule has 0 saturated heterocycles. The summed E-state index contributed by atoms with van der Waals surface area (Å²) in [6, 6.07) is 10.1. The van der Waals surface area contributed by atoms with E-state index in [1.165, 1.54) is 30.3 Å². The second kappa shape index (κ2) is 7.11. The van der Waals surface area contributed by atoms with Gasteiger partial charge >= 0.3 is 0 Å². The van der Waals surface area contributed by atoms with E-state index in [2.05, 4.69) is 5.32 Å². The van der Waals surface area contributed by atoms with Crippen LogP contribution in [0.4, 0.5) is 11.4 Å². The van der Waals surface area contributed by atoms with E-state index in [4.69, 9.17) is 27.9 Å². The summed E-state index contributed by atoms with van der Waals surface area (Å²) in [5.74, 6) is 0.00757. The van der Waals surface area contributed by atoms with Gasteiger partial charge in [-0.25, -0.2) is 0 Å². The first kappa shape index (κ1) is 16.1. The maximum absolute atomic E-state index is 11.7. The summed E-state index contributed by atoms with van der Waals surface area (Å²) in [5.41, 5.74) is 0.387. The normalized spacial score (nSPS) is 10.1. The Kier molecular flexibility index (Phi) is 5.19. The molecule has 8 heteroatoms. The number of carbonyl (C=O) groups excluding carboxylic acids is 1.